The van der Waals surface area contributed by atoms with E-state index in [9.17, 15) is 9.59 Å². The van der Waals surface area contributed by atoms with Crippen molar-refractivity contribution in [3.8, 4) is 11.5 Å². The Kier molecular flexibility index (Phi) is 7.53. The number of carbonyl (C=O) groups is 2. The van der Waals surface area contributed by atoms with E-state index in [4.69, 9.17) is 14.2 Å². The third-order valence-electron chi connectivity index (χ3n) is 5.28. The van der Waals surface area contributed by atoms with Gasteiger partial charge in [-0.1, -0.05) is 6.07 Å². The first-order valence-electron chi connectivity index (χ1n) is 10.1. The maximum Gasteiger partial charge on any atom is 0.337 e. The van der Waals surface area contributed by atoms with Gasteiger partial charge >= 0.3 is 12.0 Å². The summed E-state index contributed by atoms with van der Waals surface area (Å²) in [7, 11) is 3.27. The molecule has 1 fully saturated rings. The van der Waals surface area contributed by atoms with E-state index in [2.05, 4.69) is 26.5 Å². The number of ether oxygens (including phenoxy) is 3. The molecule has 164 valence electrons. The number of methoxy groups -OCH3 is 2. The summed E-state index contributed by atoms with van der Waals surface area (Å²) in [4.78, 5) is 28.5. The summed E-state index contributed by atoms with van der Waals surface area (Å²) in [6, 6.07) is 5.69. The van der Waals surface area contributed by atoms with E-state index in [1.807, 2.05) is 12.1 Å². The van der Waals surface area contributed by atoms with E-state index < -0.39 is 0 Å². The first-order chi connectivity index (χ1) is 14.5. The topological polar surface area (TPSA) is 92.4 Å². The lowest BCUT2D eigenvalue weighted by molar-refractivity contribution is -0.138. The van der Waals surface area contributed by atoms with E-state index in [0.29, 0.717) is 24.4 Å². The smallest absolute Gasteiger partial charge is 0.337 e. The Labute approximate surface area is 176 Å². The summed E-state index contributed by atoms with van der Waals surface area (Å²) in [5, 5.41) is 5.41. The highest BCUT2D eigenvalue weighted by molar-refractivity contribution is 5.93. The molecule has 1 saturated heterocycles. The number of benzene rings is 1. The standard InChI is InChI=1S/C21H30N4O5/c1-4-30-20(26)16-12-22-21(27)23-17(16)14-25-9-7-24(8-10-25)13-15-5-6-18(28-2)19(11-15)29-3/h5-6,11H,4,7-10,12-14H2,1-3H3,(H2,22,23,27). The number of amides is 2. The number of hydrogen-bond acceptors (Lipinski definition) is 7. The van der Waals surface area contributed by atoms with Gasteiger partial charge in [0.2, 0.25) is 0 Å². The Morgan fingerprint density at radius 1 is 1.03 bits per heavy atom. The molecule has 0 unspecified atom stereocenters. The fourth-order valence-electron chi connectivity index (χ4n) is 3.65. The maximum absolute atomic E-state index is 12.2. The van der Waals surface area contributed by atoms with Crippen LogP contribution in [0.2, 0.25) is 0 Å². The number of nitrogens with one attached hydrogen (secondary N) is 2. The number of piperazine rings is 1. The van der Waals surface area contributed by atoms with Crippen LogP contribution in [-0.4, -0.2) is 81.9 Å². The molecule has 2 aliphatic rings. The molecule has 0 saturated carbocycles. The third kappa shape index (κ3) is 5.43. The summed E-state index contributed by atoms with van der Waals surface area (Å²) in [5.74, 6) is 1.07. The van der Waals surface area contributed by atoms with Crippen molar-refractivity contribution >= 4 is 12.0 Å². The fraction of sp³-hybridized carbons (Fsp3) is 0.524. The number of rotatable bonds is 8. The summed E-state index contributed by atoms with van der Waals surface area (Å²) in [5.41, 5.74) is 2.29. The predicted octanol–water partition coefficient (Wildman–Crippen LogP) is 0.951. The highest BCUT2D eigenvalue weighted by Gasteiger charge is 2.26. The number of carbonyl (C=O) groups excluding carboxylic acids is 2. The van der Waals surface area contributed by atoms with Gasteiger partial charge in [0.05, 0.1) is 32.9 Å². The van der Waals surface area contributed by atoms with Gasteiger partial charge in [-0.25, -0.2) is 9.59 Å². The molecule has 1 aromatic rings. The number of hydrogen-bond donors (Lipinski definition) is 2. The number of urea groups is 1. The molecule has 0 aliphatic carbocycles. The Morgan fingerprint density at radius 3 is 2.33 bits per heavy atom. The average Bonchev–Trinajstić information content (AvgIpc) is 2.75. The van der Waals surface area contributed by atoms with Crippen LogP contribution in [0.4, 0.5) is 4.79 Å². The average molecular weight is 418 g/mol. The molecule has 1 aromatic carbocycles. The maximum atomic E-state index is 12.2. The van der Waals surface area contributed by atoms with Crippen LogP contribution in [0.3, 0.4) is 0 Å². The van der Waals surface area contributed by atoms with E-state index in [0.717, 1.165) is 44.2 Å². The molecule has 0 radical (unpaired) electrons. The van der Waals surface area contributed by atoms with Gasteiger partial charge in [-0.3, -0.25) is 9.80 Å². The lowest BCUT2D eigenvalue weighted by Crippen LogP contribution is -2.50. The molecule has 0 atom stereocenters. The second-order valence-electron chi connectivity index (χ2n) is 7.23. The Hall–Kier alpha value is -2.78. The highest BCUT2D eigenvalue weighted by Crippen LogP contribution is 2.28. The van der Waals surface area contributed by atoms with Crippen LogP contribution in [0.5, 0.6) is 11.5 Å². The van der Waals surface area contributed by atoms with Crippen LogP contribution in [-0.2, 0) is 16.1 Å². The minimum atomic E-state index is -0.382. The molecule has 2 heterocycles. The van der Waals surface area contributed by atoms with Crippen molar-refractivity contribution in [2.24, 2.45) is 0 Å². The van der Waals surface area contributed by atoms with Gasteiger partial charge in [0.15, 0.2) is 11.5 Å². The molecule has 0 spiro atoms. The third-order valence-corrected chi connectivity index (χ3v) is 5.28. The molecule has 2 N–H and O–H groups in total. The molecular formula is C21H30N4O5. The van der Waals surface area contributed by atoms with E-state index in [1.165, 1.54) is 5.56 Å². The van der Waals surface area contributed by atoms with E-state index >= 15 is 0 Å². The molecule has 9 nitrogen and oxygen atoms in total. The van der Waals surface area contributed by atoms with E-state index in [-0.39, 0.29) is 18.5 Å². The van der Waals surface area contributed by atoms with Crippen LogP contribution in [0.15, 0.2) is 29.5 Å². The van der Waals surface area contributed by atoms with Gasteiger partial charge in [0, 0.05) is 45.0 Å². The van der Waals surface area contributed by atoms with Crippen LogP contribution < -0.4 is 20.1 Å². The predicted molar refractivity (Wildman–Crippen MR) is 111 cm³/mol. The molecule has 9 heteroatoms. The van der Waals surface area contributed by atoms with Crippen LogP contribution in [0.1, 0.15) is 12.5 Å². The molecule has 30 heavy (non-hydrogen) atoms. The zero-order valence-corrected chi connectivity index (χ0v) is 17.8. The van der Waals surface area contributed by atoms with Crippen LogP contribution in [0.25, 0.3) is 0 Å². The van der Waals surface area contributed by atoms with Crippen molar-refractivity contribution in [2.45, 2.75) is 13.5 Å². The number of nitrogens with zero attached hydrogens (tertiary/aromatic N) is 2. The number of esters is 1. The fourth-order valence-corrected chi connectivity index (χ4v) is 3.65. The Bertz CT molecular complexity index is 803. The van der Waals surface area contributed by atoms with E-state index in [1.54, 1.807) is 21.1 Å². The van der Waals surface area contributed by atoms with Crippen molar-refractivity contribution in [1.82, 2.24) is 20.4 Å². The largest absolute Gasteiger partial charge is 0.493 e. The molecule has 3 rings (SSSR count). The van der Waals surface area contributed by atoms with Crippen LogP contribution in [0, 0.1) is 0 Å². The quantitative estimate of drug-likeness (QED) is 0.608. The summed E-state index contributed by atoms with van der Waals surface area (Å²) < 4.78 is 15.8. The lowest BCUT2D eigenvalue weighted by atomic mass is 10.1. The van der Waals surface area contributed by atoms with Gasteiger partial charge in [-0.2, -0.15) is 0 Å². The zero-order chi connectivity index (χ0) is 21.5. The Morgan fingerprint density at radius 2 is 1.70 bits per heavy atom. The normalized spacial score (nSPS) is 17.9. The molecule has 2 amide bonds. The Balaban J connectivity index is 1.57. The summed E-state index contributed by atoms with van der Waals surface area (Å²) in [6.07, 6.45) is 0. The second-order valence-corrected chi connectivity index (χ2v) is 7.23. The first kappa shape index (κ1) is 21.9. The monoisotopic (exact) mass is 418 g/mol. The first-order valence-corrected chi connectivity index (χ1v) is 10.1. The summed E-state index contributed by atoms with van der Waals surface area (Å²) in [6.45, 7) is 7.08. The van der Waals surface area contributed by atoms with Gasteiger partial charge in [-0.05, 0) is 24.6 Å². The van der Waals surface area contributed by atoms with Crippen molar-refractivity contribution in [3.63, 3.8) is 0 Å². The molecular weight excluding hydrogens is 388 g/mol. The lowest BCUT2D eigenvalue weighted by Gasteiger charge is -2.36. The van der Waals surface area contributed by atoms with Gasteiger partial charge in [-0.15, -0.1) is 0 Å². The molecule has 0 aromatic heterocycles. The minimum absolute atomic E-state index is 0.194. The van der Waals surface area contributed by atoms with Crippen molar-refractivity contribution in [1.29, 1.82) is 0 Å². The molecule has 2 aliphatic heterocycles. The summed E-state index contributed by atoms with van der Waals surface area (Å²) >= 11 is 0. The molecule has 0 bridgehead atoms. The van der Waals surface area contributed by atoms with Gasteiger partial charge < -0.3 is 24.8 Å². The van der Waals surface area contributed by atoms with Crippen molar-refractivity contribution < 1.29 is 23.8 Å². The van der Waals surface area contributed by atoms with Crippen molar-refractivity contribution in [2.75, 3.05) is 60.1 Å². The van der Waals surface area contributed by atoms with Crippen LogP contribution >= 0.6 is 0 Å². The van der Waals surface area contributed by atoms with Gasteiger partial charge in [0.1, 0.15) is 0 Å². The zero-order valence-electron chi connectivity index (χ0n) is 17.8. The second kappa shape index (κ2) is 10.3. The van der Waals surface area contributed by atoms with Crippen molar-refractivity contribution in [3.05, 3.63) is 35.0 Å². The SMILES string of the molecule is CCOC(=O)C1=C(CN2CCN(Cc3ccc(OC)c(OC)c3)CC2)NC(=O)NC1. The van der Waals surface area contributed by atoms with Gasteiger partial charge in [0.25, 0.3) is 0 Å². The minimum Gasteiger partial charge on any atom is -0.493 e. The highest BCUT2D eigenvalue weighted by atomic mass is 16.5.